The highest BCUT2D eigenvalue weighted by atomic mass is 32.2. The third-order valence-electron chi connectivity index (χ3n) is 3.63. The molecule has 0 aliphatic carbocycles. The first-order valence-corrected chi connectivity index (χ1v) is 10.7. The van der Waals surface area contributed by atoms with Crippen LogP contribution in [0.3, 0.4) is 0 Å². The Kier molecular flexibility index (Phi) is 6.97. The summed E-state index contributed by atoms with van der Waals surface area (Å²) in [6, 6.07) is 12.7. The smallest absolute Gasteiger partial charge is 0.347 e. The van der Waals surface area contributed by atoms with E-state index in [0.29, 0.717) is 23.7 Å². The van der Waals surface area contributed by atoms with Gasteiger partial charge in [-0.25, -0.2) is 4.79 Å². The zero-order valence-corrected chi connectivity index (χ0v) is 17.4. The van der Waals surface area contributed by atoms with Crippen LogP contribution in [0.15, 0.2) is 48.5 Å². The summed E-state index contributed by atoms with van der Waals surface area (Å²) < 4.78 is 44.2. The Labute approximate surface area is 170 Å². The Morgan fingerprint density at radius 1 is 1.00 bits per heavy atom. The van der Waals surface area contributed by atoms with E-state index in [0.717, 1.165) is 6.26 Å². The van der Waals surface area contributed by atoms with E-state index in [9.17, 15) is 18.3 Å². The first kappa shape index (κ1) is 22.4. The first-order chi connectivity index (χ1) is 13.5. The number of hydrogen-bond donors (Lipinski definition) is 1. The zero-order chi connectivity index (χ0) is 21.7. The fraction of sp³-hybridized carbons (Fsp3) is 0.350. The normalized spacial score (nSPS) is 12.7. The van der Waals surface area contributed by atoms with Crippen LogP contribution in [0.1, 0.15) is 27.2 Å². The molecule has 0 saturated carbocycles. The maximum Gasteiger partial charge on any atom is 0.347 e. The van der Waals surface area contributed by atoms with E-state index in [1.165, 1.54) is 26.0 Å². The van der Waals surface area contributed by atoms with Gasteiger partial charge in [0.15, 0.2) is 5.60 Å². The van der Waals surface area contributed by atoms with E-state index in [1.807, 2.05) is 6.92 Å². The minimum atomic E-state index is -3.60. The average molecular weight is 424 g/mol. The number of carbonyl (C=O) groups is 1. The molecule has 29 heavy (non-hydrogen) atoms. The Bertz CT molecular complexity index is 935. The molecule has 2 rings (SSSR count). The molecule has 2 aromatic rings. The second-order valence-electron chi connectivity index (χ2n) is 6.72. The molecule has 9 heteroatoms. The lowest BCUT2D eigenvalue weighted by atomic mass is 10.1. The highest BCUT2D eigenvalue weighted by Crippen LogP contribution is 2.26. The molecule has 0 radical (unpaired) electrons. The van der Waals surface area contributed by atoms with Gasteiger partial charge in [0.1, 0.15) is 23.0 Å². The van der Waals surface area contributed by atoms with Crippen molar-refractivity contribution in [3.05, 3.63) is 48.5 Å². The highest BCUT2D eigenvalue weighted by Gasteiger charge is 2.29. The van der Waals surface area contributed by atoms with Crippen molar-refractivity contribution in [3.63, 3.8) is 0 Å². The maximum atomic E-state index is 11.2. The van der Waals surface area contributed by atoms with Crippen molar-refractivity contribution in [2.75, 3.05) is 6.26 Å². The number of rotatable bonds is 10. The third-order valence-corrected chi connectivity index (χ3v) is 4.13. The molecule has 1 unspecified atom stereocenters. The Balaban J connectivity index is 2.04. The molecule has 0 aliphatic heterocycles. The van der Waals surface area contributed by atoms with Crippen LogP contribution in [0.25, 0.3) is 0 Å². The summed E-state index contributed by atoms with van der Waals surface area (Å²) in [6.07, 6.45) is 0.862. The van der Waals surface area contributed by atoms with Gasteiger partial charge in [-0.3, -0.25) is 0 Å². The van der Waals surface area contributed by atoms with Crippen molar-refractivity contribution < 1.29 is 36.7 Å². The van der Waals surface area contributed by atoms with Gasteiger partial charge in [-0.1, -0.05) is 13.0 Å². The molecule has 0 aliphatic rings. The zero-order valence-electron chi connectivity index (χ0n) is 16.6. The van der Waals surface area contributed by atoms with Gasteiger partial charge in [-0.2, -0.15) is 8.42 Å². The Morgan fingerprint density at radius 3 is 2.10 bits per heavy atom. The van der Waals surface area contributed by atoms with Crippen molar-refractivity contribution >= 4 is 16.1 Å². The van der Waals surface area contributed by atoms with Crippen LogP contribution in [-0.2, 0) is 14.9 Å². The van der Waals surface area contributed by atoms with E-state index in [4.69, 9.17) is 18.4 Å². The molecule has 0 spiro atoms. The summed E-state index contributed by atoms with van der Waals surface area (Å²) in [6.45, 7) is 4.79. The lowest BCUT2D eigenvalue weighted by molar-refractivity contribution is -0.152. The van der Waals surface area contributed by atoms with Gasteiger partial charge in [0.05, 0.1) is 6.26 Å². The van der Waals surface area contributed by atoms with Gasteiger partial charge in [0.25, 0.3) is 0 Å². The second-order valence-corrected chi connectivity index (χ2v) is 8.30. The van der Waals surface area contributed by atoms with Gasteiger partial charge >= 0.3 is 16.1 Å². The highest BCUT2D eigenvalue weighted by molar-refractivity contribution is 7.86. The number of carboxylic acids is 1. The van der Waals surface area contributed by atoms with Gasteiger partial charge in [0, 0.05) is 12.5 Å². The number of aliphatic carboxylic acids is 1. The first-order valence-electron chi connectivity index (χ1n) is 8.84. The molecule has 0 heterocycles. The molecule has 0 aromatic heterocycles. The molecule has 0 amide bonds. The van der Waals surface area contributed by atoms with Gasteiger partial charge < -0.3 is 23.5 Å². The number of carboxylic acid groups (broad SMARTS) is 1. The minimum Gasteiger partial charge on any atom is -0.478 e. The van der Waals surface area contributed by atoms with Crippen molar-refractivity contribution in [1.82, 2.24) is 0 Å². The molecule has 1 N–H and O–H groups in total. The molecule has 158 valence electrons. The molecule has 2 aromatic carbocycles. The summed E-state index contributed by atoms with van der Waals surface area (Å²) in [7, 11) is -3.60. The van der Waals surface area contributed by atoms with Gasteiger partial charge in [-0.05, 0) is 50.2 Å². The summed E-state index contributed by atoms with van der Waals surface area (Å²) in [5, 5.41) is 9.18. The number of benzene rings is 2. The van der Waals surface area contributed by atoms with Gasteiger partial charge in [-0.15, -0.1) is 0 Å². The van der Waals surface area contributed by atoms with Crippen LogP contribution in [-0.4, -0.2) is 37.6 Å². The van der Waals surface area contributed by atoms with Crippen molar-refractivity contribution in [3.8, 4) is 23.0 Å². The molecule has 0 fully saturated rings. The second kappa shape index (κ2) is 9.04. The summed E-state index contributed by atoms with van der Waals surface area (Å²) in [4.78, 5) is 11.2. The summed E-state index contributed by atoms with van der Waals surface area (Å²) in [5.41, 5.74) is -1.38. The van der Waals surface area contributed by atoms with Crippen LogP contribution in [0.2, 0.25) is 0 Å². The molecule has 8 nitrogen and oxygen atoms in total. The average Bonchev–Trinajstić information content (AvgIpc) is 2.61. The van der Waals surface area contributed by atoms with E-state index in [2.05, 4.69) is 0 Å². The SMILES string of the molecule is CCC(Oc1ccc(OS(C)(=O)=O)cc1)Oc1cccc(OC(C)(C)C(=O)O)c1. The summed E-state index contributed by atoms with van der Waals surface area (Å²) >= 11 is 0. The standard InChI is InChI=1S/C20H24O8S/c1-5-18(25-14-9-11-15(12-10-14)28-29(4,23)24)26-16-7-6-8-17(13-16)27-20(2,3)19(21)22/h6-13,18H,5H2,1-4H3,(H,21,22). The maximum absolute atomic E-state index is 11.2. The van der Waals surface area contributed by atoms with Crippen LogP contribution < -0.4 is 18.4 Å². The van der Waals surface area contributed by atoms with Crippen molar-refractivity contribution in [2.45, 2.75) is 39.1 Å². The predicted octanol–water partition coefficient (Wildman–Crippen LogP) is 3.46. The summed E-state index contributed by atoms with van der Waals surface area (Å²) in [5.74, 6) is 0.373. The third kappa shape index (κ3) is 7.19. The van der Waals surface area contributed by atoms with Gasteiger partial charge in [0.2, 0.25) is 6.29 Å². The topological polar surface area (TPSA) is 108 Å². The predicted molar refractivity (Wildman–Crippen MR) is 106 cm³/mol. The molecule has 0 saturated heterocycles. The quantitative estimate of drug-likeness (QED) is 0.456. The number of hydrogen-bond acceptors (Lipinski definition) is 7. The Morgan fingerprint density at radius 2 is 1.55 bits per heavy atom. The fourth-order valence-electron chi connectivity index (χ4n) is 2.19. The lowest BCUT2D eigenvalue weighted by Crippen LogP contribution is -2.37. The lowest BCUT2D eigenvalue weighted by Gasteiger charge is -2.23. The van der Waals surface area contributed by atoms with Crippen LogP contribution >= 0.6 is 0 Å². The van der Waals surface area contributed by atoms with E-state index < -0.39 is 28.0 Å². The fourth-order valence-corrected chi connectivity index (χ4v) is 2.65. The molecular weight excluding hydrogens is 400 g/mol. The monoisotopic (exact) mass is 424 g/mol. The molecule has 0 bridgehead atoms. The van der Waals surface area contributed by atoms with Crippen molar-refractivity contribution in [2.24, 2.45) is 0 Å². The minimum absolute atomic E-state index is 0.180. The van der Waals surface area contributed by atoms with Crippen LogP contribution in [0.4, 0.5) is 0 Å². The van der Waals surface area contributed by atoms with E-state index in [1.54, 1.807) is 36.4 Å². The molecule has 1 atom stereocenters. The van der Waals surface area contributed by atoms with Crippen LogP contribution in [0, 0.1) is 0 Å². The van der Waals surface area contributed by atoms with E-state index >= 15 is 0 Å². The van der Waals surface area contributed by atoms with Crippen LogP contribution in [0.5, 0.6) is 23.0 Å². The van der Waals surface area contributed by atoms with E-state index in [-0.39, 0.29) is 5.75 Å². The largest absolute Gasteiger partial charge is 0.478 e. The molecular formula is C20H24O8S. The Hall–Kier alpha value is -2.94. The van der Waals surface area contributed by atoms with Crippen molar-refractivity contribution in [1.29, 1.82) is 0 Å². The number of ether oxygens (including phenoxy) is 3.